The van der Waals surface area contributed by atoms with Crippen LogP contribution in [-0.2, 0) is 6.54 Å². The van der Waals surface area contributed by atoms with Gasteiger partial charge in [0, 0.05) is 19.7 Å². The second kappa shape index (κ2) is 11.6. The molecule has 0 saturated heterocycles. The summed E-state index contributed by atoms with van der Waals surface area (Å²) in [5.41, 5.74) is 0.925. The lowest BCUT2D eigenvalue weighted by atomic mass is 10.1. The van der Waals surface area contributed by atoms with Gasteiger partial charge in [-0.1, -0.05) is 19.9 Å². The summed E-state index contributed by atoms with van der Waals surface area (Å²) in [6.07, 6.45) is 2.37. The van der Waals surface area contributed by atoms with Gasteiger partial charge in [-0.3, -0.25) is 4.99 Å². The van der Waals surface area contributed by atoms with Gasteiger partial charge in [-0.05, 0) is 24.8 Å². The zero-order chi connectivity index (χ0) is 14.8. The number of ether oxygens (including phenoxy) is 1. The van der Waals surface area contributed by atoms with E-state index in [9.17, 15) is 0 Å². The molecule has 2 N–H and O–H groups in total. The van der Waals surface area contributed by atoms with Gasteiger partial charge in [0.1, 0.15) is 0 Å². The number of aromatic nitrogens is 1. The SMILES string of the molecule is CN=C(NCCCC(C)C)NCc1cccc(OC)n1.I. The van der Waals surface area contributed by atoms with Gasteiger partial charge in [-0.15, -0.1) is 24.0 Å². The lowest BCUT2D eigenvalue weighted by molar-refractivity contribution is 0.396. The minimum absolute atomic E-state index is 0. The molecule has 0 spiro atoms. The molecule has 0 atom stereocenters. The van der Waals surface area contributed by atoms with Gasteiger partial charge in [0.25, 0.3) is 0 Å². The summed E-state index contributed by atoms with van der Waals surface area (Å²) in [6, 6.07) is 5.73. The molecule has 0 aromatic carbocycles. The van der Waals surface area contributed by atoms with Crippen molar-refractivity contribution >= 4 is 29.9 Å². The predicted octanol–water partition coefficient (Wildman–Crippen LogP) is 2.81. The standard InChI is InChI=1S/C15H26N4O.HI/c1-12(2)7-6-10-17-15(16-3)18-11-13-8-5-9-14(19-13)20-4;/h5,8-9,12H,6-7,10-11H2,1-4H3,(H2,16,17,18);1H. The zero-order valence-corrected chi connectivity index (χ0v) is 15.7. The van der Waals surface area contributed by atoms with Crippen molar-refractivity contribution in [1.29, 1.82) is 0 Å². The molecule has 6 heteroatoms. The average Bonchev–Trinajstić information content (AvgIpc) is 2.46. The maximum Gasteiger partial charge on any atom is 0.213 e. The van der Waals surface area contributed by atoms with Crippen LogP contribution in [-0.4, -0.2) is 31.6 Å². The van der Waals surface area contributed by atoms with Crippen LogP contribution in [0.15, 0.2) is 23.2 Å². The van der Waals surface area contributed by atoms with E-state index in [4.69, 9.17) is 4.74 Å². The van der Waals surface area contributed by atoms with Crippen molar-refractivity contribution in [3.8, 4) is 5.88 Å². The Kier molecular flexibility index (Phi) is 11.0. The Bertz CT molecular complexity index is 424. The number of hydrogen-bond donors (Lipinski definition) is 2. The molecule has 0 amide bonds. The van der Waals surface area contributed by atoms with Crippen molar-refractivity contribution in [2.75, 3.05) is 20.7 Å². The van der Waals surface area contributed by atoms with E-state index in [2.05, 4.69) is 34.5 Å². The van der Waals surface area contributed by atoms with E-state index in [1.807, 2.05) is 18.2 Å². The van der Waals surface area contributed by atoms with Crippen LogP contribution in [0.2, 0.25) is 0 Å². The van der Waals surface area contributed by atoms with Crippen molar-refractivity contribution in [2.24, 2.45) is 10.9 Å². The van der Waals surface area contributed by atoms with Crippen LogP contribution in [0.25, 0.3) is 0 Å². The number of nitrogens with one attached hydrogen (secondary N) is 2. The summed E-state index contributed by atoms with van der Waals surface area (Å²) in [6.45, 7) is 6.04. The Morgan fingerprint density at radius 1 is 1.33 bits per heavy atom. The smallest absolute Gasteiger partial charge is 0.213 e. The van der Waals surface area contributed by atoms with E-state index in [0.29, 0.717) is 12.4 Å². The lowest BCUT2D eigenvalue weighted by Gasteiger charge is -2.12. The summed E-state index contributed by atoms with van der Waals surface area (Å²) in [4.78, 5) is 8.55. The Morgan fingerprint density at radius 2 is 2.10 bits per heavy atom. The molecule has 0 saturated carbocycles. The van der Waals surface area contributed by atoms with Crippen LogP contribution in [0.4, 0.5) is 0 Å². The first-order chi connectivity index (χ1) is 9.65. The second-order valence-electron chi connectivity index (χ2n) is 5.06. The van der Waals surface area contributed by atoms with Crippen molar-refractivity contribution in [3.63, 3.8) is 0 Å². The molecule has 120 valence electrons. The van der Waals surface area contributed by atoms with Gasteiger partial charge < -0.3 is 15.4 Å². The number of guanidine groups is 1. The van der Waals surface area contributed by atoms with Gasteiger partial charge in [-0.2, -0.15) is 0 Å². The molecule has 0 bridgehead atoms. The second-order valence-corrected chi connectivity index (χ2v) is 5.06. The van der Waals surface area contributed by atoms with Crippen LogP contribution >= 0.6 is 24.0 Å². The molecule has 1 rings (SSSR count). The number of pyridine rings is 1. The fourth-order valence-electron chi connectivity index (χ4n) is 1.78. The molecule has 0 radical (unpaired) electrons. The van der Waals surface area contributed by atoms with Crippen molar-refractivity contribution in [2.45, 2.75) is 33.2 Å². The third-order valence-corrected chi connectivity index (χ3v) is 2.90. The van der Waals surface area contributed by atoms with E-state index in [-0.39, 0.29) is 24.0 Å². The maximum absolute atomic E-state index is 5.11. The Hall–Kier alpha value is -1.05. The molecule has 21 heavy (non-hydrogen) atoms. The van der Waals surface area contributed by atoms with E-state index in [0.717, 1.165) is 30.5 Å². The van der Waals surface area contributed by atoms with Gasteiger partial charge in [0.2, 0.25) is 5.88 Å². The average molecular weight is 406 g/mol. The lowest BCUT2D eigenvalue weighted by Crippen LogP contribution is -2.37. The maximum atomic E-state index is 5.11. The molecule has 1 aromatic rings. The number of aliphatic imine (C=N–C) groups is 1. The molecule has 0 unspecified atom stereocenters. The van der Waals surface area contributed by atoms with E-state index < -0.39 is 0 Å². The van der Waals surface area contributed by atoms with Crippen molar-refractivity contribution in [1.82, 2.24) is 15.6 Å². The quantitative estimate of drug-likeness (QED) is 0.317. The molecule has 0 aliphatic carbocycles. The van der Waals surface area contributed by atoms with Crippen molar-refractivity contribution in [3.05, 3.63) is 23.9 Å². The Balaban J connectivity index is 0.00000400. The molecule has 0 aliphatic rings. The molecule has 1 heterocycles. The van der Waals surface area contributed by atoms with Crippen LogP contribution < -0.4 is 15.4 Å². The summed E-state index contributed by atoms with van der Waals surface area (Å²) in [5, 5.41) is 6.55. The first-order valence-electron chi connectivity index (χ1n) is 7.10. The van der Waals surface area contributed by atoms with E-state index in [1.54, 1.807) is 14.2 Å². The molecular weight excluding hydrogens is 379 g/mol. The number of halogens is 1. The van der Waals surface area contributed by atoms with Crippen LogP contribution in [0.5, 0.6) is 5.88 Å². The summed E-state index contributed by atoms with van der Waals surface area (Å²) < 4.78 is 5.11. The third kappa shape index (κ3) is 8.75. The van der Waals surface area contributed by atoms with Crippen LogP contribution in [0, 0.1) is 5.92 Å². The highest BCUT2D eigenvalue weighted by Crippen LogP contribution is 2.06. The van der Waals surface area contributed by atoms with Crippen LogP contribution in [0.3, 0.4) is 0 Å². The largest absolute Gasteiger partial charge is 0.481 e. The number of hydrogen-bond acceptors (Lipinski definition) is 3. The molecule has 0 aliphatic heterocycles. The molecule has 5 nitrogen and oxygen atoms in total. The molecular formula is C15H27IN4O. The first kappa shape index (κ1) is 19.9. The molecule has 0 fully saturated rings. The highest BCUT2D eigenvalue weighted by Gasteiger charge is 2.01. The summed E-state index contributed by atoms with van der Waals surface area (Å²) in [5.74, 6) is 2.18. The summed E-state index contributed by atoms with van der Waals surface area (Å²) in [7, 11) is 3.39. The number of methoxy groups -OCH3 is 1. The van der Waals surface area contributed by atoms with Crippen LogP contribution in [0.1, 0.15) is 32.4 Å². The van der Waals surface area contributed by atoms with Gasteiger partial charge in [0.15, 0.2) is 5.96 Å². The van der Waals surface area contributed by atoms with Gasteiger partial charge >= 0.3 is 0 Å². The first-order valence-corrected chi connectivity index (χ1v) is 7.10. The monoisotopic (exact) mass is 406 g/mol. The Morgan fingerprint density at radius 3 is 2.71 bits per heavy atom. The fourth-order valence-corrected chi connectivity index (χ4v) is 1.78. The highest BCUT2D eigenvalue weighted by atomic mass is 127. The fraction of sp³-hybridized carbons (Fsp3) is 0.600. The third-order valence-electron chi connectivity index (χ3n) is 2.90. The minimum atomic E-state index is 0. The topological polar surface area (TPSA) is 58.5 Å². The number of rotatable bonds is 7. The van der Waals surface area contributed by atoms with E-state index in [1.165, 1.54) is 6.42 Å². The minimum Gasteiger partial charge on any atom is -0.481 e. The van der Waals surface area contributed by atoms with Gasteiger partial charge in [0.05, 0.1) is 19.3 Å². The molecule has 1 aromatic heterocycles. The van der Waals surface area contributed by atoms with E-state index >= 15 is 0 Å². The normalized spacial score (nSPS) is 11.0. The highest BCUT2D eigenvalue weighted by molar-refractivity contribution is 14.0. The Labute approximate surface area is 145 Å². The number of nitrogens with zero attached hydrogens (tertiary/aromatic N) is 2. The summed E-state index contributed by atoms with van der Waals surface area (Å²) >= 11 is 0. The van der Waals surface area contributed by atoms with Crippen molar-refractivity contribution < 1.29 is 4.74 Å². The zero-order valence-electron chi connectivity index (χ0n) is 13.3. The van der Waals surface area contributed by atoms with Gasteiger partial charge in [-0.25, -0.2) is 4.98 Å². The predicted molar refractivity (Wildman–Crippen MR) is 98.5 cm³/mol.